The zero-order valence-electron chi connectivity index (χ0n) is 11.1. The van der Waals surface area contributed by atoms with Gasteiger partial charge in [0.15, 0.2) is 0 Å². The number of hydrogen-bond acceptors (Lipinski definition) is 3. The summed E-state index contributed by atoms with van der Waals surface area (Å²) in [5, 5.41) is 2.44. The minimum atomic E-state index is -3.57. The Labute approximate surface area is 123 Å². The van der Waals surface area contributed by atoms with E-state index in [9.17, 15) is 13.2 Å². The maximum absolute atomic E-state index is 12.2. The second-order valence-corrected chi connectivity index (χ2v) is 7.15. The van der Waals surface area contributed by atoms with Gasteiger partial charge in [-0.15, -0.1) is 11.6 Å². The molecular weight excluding hydrogens is 300 g/mol. The van der Waals surface area contributed by atoms with Crippen molar-refractivity contribution in [2.24, 2.45) is 0 Å². The SMILES string of the molecule is CC(=O)Nc1ccc(S(=O)(=O)NC2CCCC2Cl)cc1. The summed E-state index contributed by atoms with van der Waals surface area (Å²) in [6.45, 7) is 1.40. The highest BCUT2D eigenvalue weighted by Crippen LogP contribution is 2.25. The summed E-state index contributed by atoms with van der Waals surface area (Å²) in [5.41, 5.74) is 0.563. The van der Waals surface area contributed by atoms with Gasteiger partial charge in [0, 0.05) is 24.0 Å². The van der Waals surface area contributed by atoms with Gasteiger partial charge < -0.3 is 5.32 Å². The lowest BCUT2D eigenvalue weighted by molar-refractivity contribution is -0.114. The van der Waals surface area contributed by atoms with Crippen molar-refractivity contribution < 1.29 is 13.2 Å². The number of benzene rings is 1. The van der Waals surface area contributed by atoms with Gasteiger partial charge in [-0.3, -0.25) is 4.79 Å². The summed E-state index contributed by atoms with van der Waals surface area (Å²) >= 11 is 6.08. The fourth-order valence-corrected chi connectivity index (χ4v) is 3.96. The number of amides is 1. The van der Waals surface area contributed by atoms with Crippen molar-refractivity contribution in [1.29, 1.82) is 0 Å². The van der Waals surface area contributed by atoms with Crippen LogP contribution >= 0.6 is 11.6 Å². The van der Waals surface area contributed by atoms with E-state index in [-0.39, 0.29) is 22.2 Å². The van der Waals surface area contributed by atoms with Gasteiger partial charge in [0.25, 0.3) is 0 Å². The van der Waals surface area contributed by atoms with Crippen LogP contribution in [0.2, 0.25) is 0 Å². The first-order valence-corrected chi connectivity index (χ1v) is 8.34. The lowest BCUT2D eigenvalue weighted by Gasteiger charge is -2.16. The highest BCUT2D eigenvalue weighted by Gasteiger charge is 2.29. The molecule has 7 heteroatoms. The Bertz CT molecular complexity index is 586. The van der Waals surface area contributed by atoms with Crippen LogP contribution in [-0.4, -0.2) is 25.7 Å². The monoisotopic (exact) mass is 316 g/mol. The van der Waals surface area contributed by atoms with Gasteiger partial charge in [0.05, 0.1) is 4.90 Å². The summed E-state index contributed by atoms with van der Waals surface area (Å²) in [5.74, 6) is -0.199. The molecule has 1 aromatic rings. The molecule has 1 aliphatic rings. The maximum atomic E-state index is 12.2. The highest BCUT2D eigenvalue weighted by molar-refractivity contribution is 7.89. The lowest BCUT2D eigenvalue weighted by Crippen LogP contribution is -2.37. The smallest absolute Gasteiger partial charge is 0.240 e. The summed E-state index contributed by atoms with van der Waals surface area (Å²) in [6, 6.07) is 5.83. The van der Waals surface area contributed by atoms with Crippen LogP contribution in [0.25, 0.3) is 0 Å². The normalized spacial score (nSPS) is 22.7. The number of alkyl halides is 1. The van der Waals surface area contributed by atoms with Crippen molar-refractivity contribution in [3.8, 4) is 0 Å². The third-order valence-electron chi connectivity index (χ3n) is 3.22. The van der Waals surface area contributed by atoms with Crippen molar-refractivity contribution in [2.75, 3.05) is 5.32 Å². The zero-order chi connectivity index (χ0) is 14.8. The third kappa shape index (κ3) is 3.71. The van der Waals surface area contributed by atoms with Crippen molar-refractivity contribution in [3.05, 3.63) is 24.3 Å². The number of sulfonamides is 1. The minimum Gasteiger partial charge on any atom is -0.326 e. The van der Waals surface area contributed by atoms with Gasteiger partial charge in [-0.1, -0.05) is 6.42 Å². The molecule has 0 aliphatic heterocycles. The van der Waals surface area contributed by atoms with Crippen molar-refractivity contribution in [3.63, 3.8) is 0 Å². The minimum absolute atomic E-state index is 0.150. The van der Waals surface area contributed by atoms with Crippen molar-refractivity contribution in [2.45, 2.75) is 42.5 Å². The van der Waals surface area contributed by atoms with Crippen LogP contribution in [-0.2, 0) is 14.8 Å². The molecule has 20 heavy (non-hydrogen) atoms. The molecular formula is C13H17ClN2O3S. The first-order chi connectivity index (χ1) is 9.38. The molecule has 5 nitrogen and oxygen atoms in total. The molecule has 2 unspecified atom stereocenters. The number of nitrogens with one attached hydrogen (secondary N) is 2. The first-order valence-electron chi connectivity index (χ1n) is 6.42. The lowest BCUT2D eigenvalue weighted by atomic mass is 10.3. The van der Waals surface area contributed by atoms with E-state index >= 15 is 0 Å². The van der Waals surface area contributed by atoms with E-state index in [2.05, 4.69) is 10.0 Å². The molecule has 1 aliphatic carbocycles. The Morgan fingerprint density at radius 2 is 1.90 bits per heavy atom. The second kappa shape index (κ2) is 6.11. The van der Waals surface area contributed by atoms with Gasteiger partial charge in [-0.25, -0.2) is 13.1 Å². The van der Waals surface area contributed by atoms with Crippen LogP contribution in [0.1, 0.15) is 26.2 Å². The molecule has 0 radical (unpaired) electrons. The van der Waals surface area contributed by atoms with Crippen molar-refractivity contribution in [1.82, 2.24) is 4.72 Å². The number of rotatable bonds is 4. The molecule has 0 spiro atoms. The van der Waals surface area contributed by atoms with Crippen LogP contribution < -0.4 is 10.0 Å². The standard InChI is InChI=1S/C13H17ClN2O3S/c1-9(17)15-10-5-7-11(8-6-10)20(18,19)16-13-4-2-3-12(13)14/h5-8,12-13,16H,2-4H2,1H3,(H,15,17). The van der Waals surface area contributed by atoms with Gasteiger partial charge in [-0.2, -0.15) is 0 Å². The van der Waals surface area contributed by atoms with Gasteiger partial charge >= 0.3 is 0 Å². The van der Waals surface area contributed by atoms with E-state index in [0.29, 0.717) is 5.69 Å². The van der Waals surface area contributed by atoms with Crippen LogP contribution in [0.4, 0.5) is 5.69 Å². The zero-order valence-corrected chi connectivity index (χ0v) is 12.7. The number of halogens is 1. The molecule has 0 bridgehead atoms. The van der Waals surface area contributed by atoms with Crippen molar-refractivity contribution >= 4 is 33.2 Å². The average Bonchev–Trinajstić information content (AvgIpc) is 2.74. The summed E-state index contributed by atoms with van der Waals surface area (Å²) < 4.78 is 27.1. The summed E-state index contributed by atoms with van der Waals surface area (Å²) in [7, 11) is -3.57. The molecule has 1 aromatic carbocycles. The molecule has 0 heterocycles. The van der Waals surface area contributed by atoms with E-state index in [1.165, 1.54) is 19.1 Å². The molecule has 0 saturated heterocycles. The third-order valence-corrected chi connectivity index (χ3v) is 5.25. The van der Waals surface area contributed by atoms with Crippen LogP contribution in [0.3, 0.4) is 0 Å². The van der Waals surface area contributed by atoms with Gasteiger partial charge in [0.1, 0.15) is 0 Å². The van der Waals surface area contributed by atoms with Gasteiger partial charge in [0.2, 0.25) is 15.9 Å². The summed E-state index contributed by atoms with van der Waals surface area (Å²) in [4.78, 5) is 11.1. The molecule has 0 aromatic heterocycles. The molecule has 2 rings (SSSR count). The number of carbonyl (C=O) groups excluding carboxylic acids is 1. The average molecular weight is 317 g/mol. The number of carbonyl (C=O) groups is 1. The maximum Gasteiger partial charge on any atom is 0.240 e. The van der Waals surface area contributed by atoms with Crippen LogP contribution in [0.5, 0.6) is 0 Å². The Morgan fingerprint density at radius 3 is 2.40 bits per heavy atom. The molecule has 2 N–H and O–H groups in total. The Hall–Kier alpha value is -1.11. The molecule has 1 amide bonds. The van der Waals surface area contributed by atoms with E-state index in [0.717, 1.165) is 19.3 Å². The Balaban J connectivity index is 2.11. The molecule has 2 atom stereocenters. The van der Waals surface area contributed by atoms with E-state index < -0.39 is 10.0 Å². The predicted molar refractivity (Wildman–Crippen MR) is 78.3 cm³/mol. The molecule has 1 fully saturated rings. The van der Waals surface area contributed by atoms with E-state index in [1.807, 2.05) is 0 Å². The topological polar surface area (TPSA) is 75.3 Å². The second-order valence-electron chi connectivity index (χ2n) is 4.88. The molecule has 1 saturated carbocycles. The van der Waals surface area contributed by atoms with Crippen LogP contribution in [0.15, 0.2) is 29.2 Å². The predicted octanol–water partition coefficient (Wildman–Crippen LogP) is 2.08. The first kappa shape index (κ1) is 15.3. The molecule has 110 valence electrons. The largest absolute Gasteiger partial charge is 0.326 e. The number of hydrogen-bond donors (Lipinski definition) is 2. The number of anilines is 1. The quantitative estimate of drug-likeness (QED) is 0.835. The Morgan fingerprint density at radius 1 is 1.25 bits per heavy atom. The highest BCUT2D eigenvalue weighted by atomic mass is 35.5. The van der Waals surface area contributed by atoms with Gasteiger partial charge in [-0.05, 0) is 37.1 Å². The summed E-state index contributed by atoms with van der Waals surface area (Å²) in [6.07, 6.45) is 2.52. The van der Waals surface area contributed by atoms with E-state index in [4.69, 9.17) is 11.6 Å². The fraction of sp³-hybridized carbons (Fsp3) is 0.462. The fourth-order valence-electron chi connectivity index (χ4n) is 2.24. The van der Waals surface area contributed by atoms with Crippen LogP contribution in [0, 0.1) is 0 Å². The Kier molecular flexibility index (Phi) is 4.67. The van der Waals surface area contributed by atoms with E-state index in [1.54, 1.807) is 12.1 Å².